The van der Waals surface area contributed by atoms with E-state index in [-0.39, 0.29) is 69.8 Å². The lowest BCUT2D eigenvalue weighted by molar-refractivity contribution is -0.145. The average molecular weight is 870 g/mol. The zero-order valence-electron chi connectivity index (χ0n) is 39.3. The Kier molecular flexibility index (Phi) is 13.4. The Labute approximate surface area is 367 Å². The third-order valence-electron chi connectivity index (χ3n) is 16.8. The van der Waals surface area contributed by atoms with Crippen molar-refractivity contribution in [1.82, 2.24) is 34.8 Å². The third kappa shape index (κ3) is 8.33. The van der Waals surface area contributed by atoms with Gasteiger partial charge in [-0.3, -0.25) is 28.8 Å². The van der Waals surface area contributed by atoms with Crippen molar-refractivity contribution < 1.29 is 27.6 Å². The highest BCUT2D eigenvalue weighted by molar-refractivity contribution is 7.87. The SMILES string of the molecule is C=C[C@@H]1C[C@]1(NC(=O)[C@@H]1C[C@@]2(CN1C(=O)[C@@H](NC(=O)[C@@H](NC(=O)[C@@H]1CCCCN1C(C)C)C1CCCCC1)C(C)(C)C)C(C)(C)C21CCC1)/C(=C/C)NS(=O)(=O)N(C)C(C)C. The quantitative estimate of drug-likeness (QED) is 0.152. The molecule has 2 aliphatic heterocycles. The van der Waals surface area contributed by atoms with Gasteiger partial charge < -0.3 is 20.9 Å². The summed E-state index contributed by atoms with van der Waals surface area (Å²) in [6.07, 6.45) is 15.0. The molecule has 4 N–H and O–H groups in total. The van der Waals surface area contributed by atoms with Gasteiger partial charge in [-0.25, -0.2) is 0 Å². The van der Waals surface area contributed by atoms with Gasteiger partial charge in [0.1, 0.15) is 18.1 Å². The van der Waals surface area contributed by atoms with Crippen LogP contribution in [0.2, 0.25) is 0 Å². The van der Waals surface area contributed by atoms with Gasteiger partial charge in [-0.05, 0) is 115 Å². The second-order valence-corrected chi connectivity index (χ2v) is 23.5. The molecule has 344 valence electrons. The van der Waals surface area contributed by atoms with Crippen molar-refractivity contribution >= 4 is 33.8 Å². The van der Waals surface area contributed by atoms with Gasteiger partial charge in [0, 0.05) is 42.7 Å². The number of likely N-dealkylation sites (tertiary alicyclic amines) is 2. The van der Waals surface area contributed by atoms with Crippen molar-refractivity contribution in [2.24, 2.45) is 33.5 Å². The molecule has 7 atom stereocenters. The Morgan fingerprint density at radius 1 is 0.852 bits per heavy atom. The zero-order chi connectivity index (χ0) is 45.1. The van der Waals surface area contributed by atoms with Gasteiger partial charge in [0.15, 0.2) is 0 Å². The molecule has 4 amide bonds. The van der Waals surface area contributed by atoms with Gasteiger partial charge in [0.05, 0.1) is 11.6 Å². The standard InChI is InChI=1S/C47H79N7O6S/c1-13-33-27-47(33,36(14-2)51-61(59,60)52(12)30(3)4)50-40(56)35-28-46(44(10,11)45(46)24-20-25-45)29-54(35)42(58)38(43(7,8)9)49-41(57)37(32-21-16-15-17-22-32)48-39(55)34-23-18-19-26-53(34)31(5)6/h13-14,30-35,37-38,51H,1,15-29H2,2-12H3,(H,48,55)(H,49,57)(H,50,56)/b36-14-/t33-,34+,35+,37+,38-,46-,47-/m1/s1. The molecule has 0 unspecified atom stereocenters. The number of nitrogens with zero attached hydrogens (tertiary/aromatic N) is 3. The Bertz CT molecular complexity index is 1850. The molecule has 4 saturated carbocycles. The van der Waals surface area contributed by atoms with Gasteiger partial charge >= 0.3 is 10.2 Å². The first kappa shape index (κ1) is 47.5. The van der Waals surface area contributed by atoms with Gasteiger partial charge in [-0.1, -0.05) is 78.9 Å². The molecule has 2 spiro atoms. The first-order valence-corrected chi connectivity index (χ1v) is 24.9. The number of nitrogens with one attached hydrogen (secondary N) is 4. The molecule has 6 aliphatic rings. The average Bonchev–Trinajstić information content (AvgIpc) is 3.91. The third-order valence-corrected chi connectivity index (χ3v) is 18.4. The Hall–Kier alpha value is -2.97. The van der Waals surface area contributed by atoms with Gasteiger partial charge in [-0.2, -0.15) is 12.7 Å². The fourth-order valence-corrected chi connectivity index (χ4v) is 13.6. The van der Waals surface area contributed by atoms with Gasteiger partial charge in [0.25, 0.3) is 0 Å². The summed E-state index contributed by atoms with van der Waals surface area (Å²) < 4.78 is 31.0. The van der Waals surface area contributed by atoms with Crippen molar-refractivity contribution in [2.75, 3.05) is 20.1 Å². The first-order valence-electron chi connectivity index (χ1n) is 23.5. The molecule has 2 saturated heterocycles. The van der Waals surface area contributed by atoms with Crippen LogP contribution in [-0.2, 0) is 29.4 Å². The highest BCUT2D eigenvalue weighted by atomic mass is 32.2. The zero-order valence-corrected chi connectivity index (χ0v) is 40.1. The summed E-state index contributed by atoms with van der Waals surface area (Å²) >= 11 is 0. The second-order valence-electron chi connectivity index (χ2n) is 21.8. The summed E-state index contributed by atoms with van der Waals surface area (Å²) in [7, 11) is -2.42. The summed E-state index contributed by atoms with van der Waals surface area (Å²) in [6, 6.07) is -3.00. The Balaban J connectivity index is 1.30. The molecule has 0 aromatic carbocycles. The van der Waals surface area contributed by atoms with Crippen molar-refractivity contribution in [1.29, 1.82) is 0 Å². The number of hydrogen-bond acceptors (Lipinski definition) is 7. The van der Waals surface area contributed by atoms with E-state index in [1.54, 1.807) is 37.8 Å². The van der Waals surface area contributed by atoms with Crippen LogP contribution in [0, 0.1) is 33.5 Å². The summed E-state index contributed by atoms with van der Waals surface area (Å²) in [5.74, 6) is -1.38. The van der Waals surface area contributed by atoms with E-state index in [4.69, 9.17) is 0 Å². The molecule has 0 aromatic heterocycles. The molecule has 13 nitrogen and oxygen atoms in total. The van der Waals surface area contributed by atoms with E-state index in [1.807, 2.05) is 20.8 Å². The molecular weight excluding hydrogens is 791 g/mol. The maximum absolute atomic E-state index is 15.4. The lowest BCUT2D eigenvalue weighted by Gasteiger charge is -2.40. The molecule has 6 rings (SSSR count). The highest BCUT2D eigenvalue weighted by Crippen LogP contribution is 2.88. The molecular formula is C47H79N7O6S. The number of allylic oxidation sites excluding steroid dienone is 1. The lowest BCUT2D eigenvalue weighted by Crippen LogP contribution is -2.63. The summed E-state index contributed by atoms with van der Waals surface area (Å²) in [4.78, 5) is 63.3. The van der Waals surface area contributed by atoms with E-state index in [9.17, 15) is 18.0 Å². The number of fused-ring (bicyclic) bond motifs is 1. The summed E-state index contributed by atoms with van der Waals surface area (Å²) in [5, 5.41) is 9.72. The maximum Gasteiger partial charge on any atom is 0.301 e. The maximum atomic E-state index is 15.4. The summed E-state index contributed by atoms with van der Waals surface area (Å²) in [5.41, 5.74) is -1.75. The molecule has 4 aliphatic carbocycles. The van der Waals surface area contributed by atoms with Crippen LogP contribution in [0.3, 0.4) is 0 Å². The molecule has 14 heteroatoms. The Morgan fingerprint density at radius 3 is 2.00 bits per heavy atom. The fraction of sp³-hybridized carbons (Fsp3) is 0.830. The smallest absolute Gasteiger partial charge is 0.301 e. The molecule has 6 fully saturated rings. The number of rotatable bonds is 15. The van der Waals surface area contributed by atoms with Crippen molar-refractivity contribution in [2.45, 2.75) is 194 Å². The monoisotopic (exact) mass is 870 g/mol. The van der Waals surface area contributed by atoms with E-state index < -0.39 is 39.3 Å². The number of hydrogen-bond donors (Lipinski definition) is 4. The lowest BCUT2D eigenvalue weighted by atomic mass is 9.73. The normalized spacial score (nSPS) is 31.1. The number of amides is 4. The predicted molar refractivity (Wildman–Crippen MR) is 240 cm³/mol. The first-order chi connectivity index (χ1) is 28.4. The predicted octanol–water partition coefficient (Wildman–Crippen LogP) is 5.78. The highest BCUT2D eigenvalue weighted by Gasteiger charge is 2.85. The topological polar surface area (TPSA) is 160 Å². The number of carbonyl (C=O) groups excluding carboxylic acids is 4. The van der Waals surface area contributed by atoms with Crippen molar-refractivity contribution in [3.63, 3.8) is 0 Å². The largest absolute Gasteiger partial charge is 0.343 e. The molecule has 2 heterocycles. The van der Waals surface area contributed by atoms with Crippen molar-refractivity contribution in [3.05, 3.63) is 24.4 Å². The van der Waals surface area contributed by atoms with Crippen LogP contribution >= 0.6 is 0 Å². The number of piperidine rings is 1. The molecule has 0 radical (unpaired) electrons. The van der Waals surface area contributed by atoms with Crippen LogP contribution in [0.5, 0.6) is 0 Å². The molecule has 61 heavy (non-hydrogen) atoms. The van der Waals surface area contributed by atoms with E-state index in [2.05, 4.69) is 59.8 Å². The van der Waals surface area contributed by atoms with Crippen molar-refractivity contribution in [3.8, 4) is 0 Å². The van der Waals surface area contributed by atoms with Crippen LogP contribution in [-0.4, -0.2) is 108 Å². The van der Waals surface area contributed by atoms with Crippen LogP contribution < -0.4 is 20.7 Å². The van der Waals surface area contributed by atoms with Crippen LogP contribution in [0.1, 0.15) is 153 Å². The minimum Gasteiger partial charge on any atom is -0.343 e. The minimum atomic E-state index is -3.94. The van der Waals surface area contributed by atoms with E-state index in [1.165, 1.54) is 11.4 Å². The number of carbonyl (C=O) groups is 4. The molecule has 0 bridgehead atoms. The molecule has 0 aromatic rings. The Morgan fingerprint density at radius 2 is 1.49 bits per heavy atom. The van der Waals surface area contributed by atoms with Crippen LogP contribution in [0.25, 0.3) is 0 Å². The minimum absolute atomic E-state index is 0.0276. The van der Waals surface area contributed by atoms with E-state index in [0.29, 0.717) is 25.1 Å². The van der Waals surface area contributed by atoms with E-state index in [0.717, 1.165) is 77.2 Å². The van der Waals surface area contributed by atoms with Gasteiger partial charge in [-0.15, -0.1) is 6.58 Å². The summed E-state index contributed by atoms with van der Waals surface area (Å²) in [6.45, 7) is 25.2. The van der Waals surface area contributed by atoms with Crippen LogP contribution in [0.15, 0.2) is 24.4 Å². The van der Waals surface area contributed by atoms with E-state index >= 15 is 9.59 Å². The van der Waals surface area contributed by atoms with Crippen LogP contribution in [0.4, 0.5) is 0 Å². The second kappa shape index (κ2) is 17.2. The van der Waals surface area contributed by atoms with Gasteiger partial charge in [0.2, 0.25) is 23.6 Å². The fourth-order valence-electron chi connectivity index (χ4n) is 12.4.